The summed E-state index contributed by atoms with van der Waals surface area (Å²) in [6.07, 6.45) is 1.57. The molecule has 0 spiro atoms. The Bertz CT molecular complexity index is 1650. The van der Waals surface area contributed by atoms with Crippen molar-refractivity contribution in [2.45, 2.75) is 12.5 Å². The highest BCUT2D eigenvalue weighted by Crippen LogP contribution is 2.38. The lowest BCUT2D eigenvalue weighted by Gasteiger charge is -2.32. The fourth-order valence-corrected chi connectivity index (χ4v) is 6.65. The van der Waals surface area contributed by atoms with Gasteiger partial charge >= 0.3 is 0 Å². The number of nitriles is 1. The zero-order valence-electron chi connectivity index (χ0n) is 19.1. The van der Waals surface area contributed by atoms with Crippen LogP contribution in [0, 0.1) is 11.3 Å². The van der Waals surface area contributed by atoms with Crippen LogP contribution in [0.1, 0.15) is 17.7 Å². The smallest absolute Gasteiger partial charge is 0.272 e. The third-order valence-corrected chi connectivity index (χ3v) is 8.85. The fraction of sp³-hybridized carbons (Fsp3) is 0.148. The average molecular weight is 553 g/mol. The second-order valence-corrected chi connectivity index (χ2v) is 11.6. The Kier molecular flexibility index (Phi) is 6.54. The van der Waals surface area contributed by atoms with Crippen molar-refractivity contribution in [2.24, 2.45) is 0 Å². The molecule has 3 aromatic rings. The van der Waals surface area contributed by atoms with Gasteiger partial charge in [0, 0.05) is 11.1 Å². The fourth-order valence-electron chi connectivity index (χ4n) is 4.56. The molecular weight excluding hydrogens is 535 g/mol. The molecule has 1 fully saturated rings. The number of amides is 2. The summed E-state index contributed by atoms with van der Waals surface area (Å²) in [5.74, 6) is -1.29. The minimum atomic E-state index is -3.40. The predicted octanol–water partition coefficient (Wildman–Crippen LogP) is 5.17. The Balaban J connectivity index is 1.66. The van der Waals surface area contributed by atoms with E-state index in [4.69, 9.17) is 27.6 Å². The molecule has 10 heteroatoms. The third-order valence-electron chi connectivity index (χ3n) is 6.28. The molecule has 2 aromatic carbocycles. The van der Waals surface area contributed by atoms with Gasteiger partial charge in [-0.3, -0.25) is 14.5 Å². The summed E-state index contributed by atoms with van der Waals surface area (Å²) in [5.41, 5.74) is 1.01. The standard InChI is InChI=1S/C27H18Cl2N2O5S/c28-22-8-4-7-19(25(22)29)23-10-9-18(36-23)13-20-24(16-5-2-1-3-6-16)21(14-30)27(33)31(26(20)32)17-11-12-37(34,35)15-17/h1-10,13,17H,11-12,15H2/b20-13-. The lowest BCUT2D eigenvalue weighted by molar-refractivity contribution is -0.142. The summed E-state index contributed by atoms with van der Waals surface area (Å²) in [6, 6.07) is 18.1. The first kappa shape index (κ1) is 25.0. The Morgan fingerprint density at radius 1 is 1.00 bits per heavy atom. The third kappa shape index (κ3) is 4.62. The van der Waals surface area contributed by atoms with Gasteiger partial charge < -0.3 is 4.42 Å². The molecule has 2 aliphatic rings. The molecule has 3 heterocycles. The van der Waals surface area contributed by atoms with Crippen LogP contribution in [0.15, 0.2) is 76.2 Å². The van der Waals surface area contributed by atoms with Crippen molar-refractivity contribution in [1.82, 2.24) is 4.90 Å². The van der Waals surface area contributed by atoms with Crippen LogP contribution in [0.2, 0.25) is 10.0 Å². The number of furan rings is 1. The van der Waals surface area contributed by atoms with E-state index in [1.165, 1.54) is 6.08 Å². The SMILES string of the molecule is N#CC1=C(c2ccccc2)/C(=C/c2ccc(-c3cccc(Cl)c3Cl)o2)C(=O)N(C2CCS(=O)(=O)C2)C1=O. The number of benzene rings is 2. The van der Waals surface area contributed by atoms with Gasteiger partial charge in [-0.2, -0.15) is 5.26 Å². The molecule has 1 saturated heterocycles. The molecule has 2 amide bonds. The van der Waals surface area contributed by atoms with Gasteiger partial charge in [-0.1, -0.05) is 59.6 Å². The number of hydrogen-bond acceptors (Lipinski definition) is 6. The van der Waals surface area contributed by atoms with E-state index >= 15 is 0 Å². The highest BCUT2D eigenvalue weighted by molar-refractivity contribution is 7.91. The number of carbonyl (C=O) groups excluding carboxylic acids is 2. The van der Waals surface area contributed by atoms with Gasteiger partial charge in [0.05, 0.1) is 33.2 Å². The molecule has 5 rings (SSSR count). The first-order valence-corrected chi connectivity index (χ1v) is 13.8. The summed E-state index contributed by atoms with van der Waals surface area (Å²) in [6.45, 7) is 0. The Morgan fingerprint density at radius 3 is 2.43 bits per heavy atom. The molecule has 37 heavy (non-hydrogen) atoms. The highest BCUT2D eigenvalue weighted by Gasteiger charge is 2.45. The number of hydrogen-bond donors (Lipinski definition) is 0. The first-order chi connectivity index (χ1) is 17.7. The van der Waals surface area contributed by atoms with Gasteiger partial charge in [0.2, 0.25) is 0 Å². The highest BCUT2D eigenvalue weighted by atomic mass is 35.5. The van der Waals surface area contributed by atoms with Crippen molar-refractivity contribution in [3.63, 3.8) is 0 Å². The topological polar surface area (TPSA) is 108 Å². The lowest BCUT2D eigenvalue weighted by Crippen LogP contribution is -2.49. The van der Waals surface area contributed by atoms with Gasteiger partial charge in [0.1, 0.15) is 23.2 Å². The molecule has 186 valence electrons. The minimum absolute atomic E-state index is 0.0461. The Hall–Kier alpha value is -3.64. The second-order valence-electron chi connectivity index (χ2n) is 8.63. The van der Waals surface area contributed by atoms with Crippen LogP contribution >= 0.6 is 23.2 Å². The van der Waals surface area contributed by atoms with E-state index in [0.29, 0.717) is 26.9 Å². The quantitative estimate of drug-likeness (QED) is 0.326. The van der Waals surface area contributed by atoms with Crippen LogP contribution in [0.4, 0.5) is 0 Å². The van der Waals surface area contributed by atoms with E-state index in [9.17, 15) is 23.3 Å². The molecule has 1 unspecified atom stereocenters. The normalized spacial score (nSPS) is 20.5. The summed E-state index contributed by atoms with van der Waals surface area (Å²) in [4.78, 5) is 28.0. The summed E-state index contributed by atoms with van der Waals surface area (Å²) < 4.78 is 30.2. The Morgan fingerprint density at radius 2 is 1.76 bits per heavy atom. The maximum Gasteiger partial charge on any atom is 0.272 e. The molecule has 7 nitrogen and oxygen atoms in total. The monoisotopic (exact) mass is 552 g/mol. The van der Waals surface area contributed by atoms with E-state index in [1.807, 2.05) is 6.07 Å². The van der Waals surface area contributed by atoms with Gasteiger partial charge in [-0.15, -0.1) is 0 Å². The molecule has 0 N–H and O–H groups in total. The van der Waals surface area contributed by atoms with Crippen molar-refractivity contribution in [2.75, 3.05) is 11.5 Å². The Labute approximate surface area is 223 Å². The van der Waals surface area contributed by atoms with Crippen molar-refractivity contribution in [1.29, 1.82) is 5.26 Å². The van der Waals surface area contributed by atoms with Crippen molar-refractivity contribution < 1.29 is 22.4 Å². The van der Waals surface area contributed by atoms with Crippen molar-refractivity contribution >= 4 is 56.5 Å². The predicted molar refractivity (Wildman–Crippen MR) is 140 cm³/mol. The number of carbonyl (C=O) groups is 2. The van der Waals surface area contributed by atoms with Crippen LogP contribution in [-0.2, 0) is 19.4 Å². The summed E-state index contributed by atoms with van der Waals surface area (Å²) >= 11 is 12.5. The van der Waals surface area contributed by atoms with Crippen molar-refractivity contribution in [3.8, 4) is 17.4 Å². The van der Waals surface area contributed by atoms with E-state index in [0.717, 1.165) is 4.90 Å². The maximum atomic E-state index is 13.8. The first-order valence-electron chi connectivity index (χ1n) is 11.2. The molecule has 0 bridgehead atoms. The number of nitrogens with zero attached hydrogens (tertiary/aromatic N) is 2. The minimum Gasteiger partial charge on any atom is -0.457 e. The molecule has 0 radical (unpaired) electrons. The van der Waals surface area contributed by atoms with Gasteiger partial charge in [-0.25, -0.2) is 8.42 Å². The van der Waals surface area contributed by atoms with Crippen LogP contribution in [0.5, 0.6) is 0 Å². The molecule has 1 aromatic heterocycles. The van der Waals surface area contributed by atoms with E-state index in [2.05, 4.69) is 0 Å². The number of halogens is 2. The van der Waals surface area contributed by atoms with Gasteiger partial charge in [0.25, 0.3) is 11.8 Å². The zero-order valence-corrected chi connectivity index (χ0v) is 21.5. The largest absolute Gasteiger partial charge is 0.457 e. The molecule has 0 saturated carbocycles. The maximum absolute atomic E-state index is 13.8. The summed E-state index contributed by atoms with van der Waals surface area (Å²) in [7, 11) is -3.40. The van der Waals surface area contributed by atoms with Crippen molar-refractivity contribution in [3.05, 3.63) is 93.2 Å². The average Bonchev–Trinajstić information content (AvgIpc) is 3.48. The second kappa shape index (κ2) is 9.67. The zero-order chi connectivity index (χ0) is 26.3. The van der Waals surface area contributed by atoms with Gasteiger partial charge in [-0.05, 0) is 42.3 Å². The lowest BCUT2D eigenvalue weighted by atomic mass is 9.87. The number of sulfone groups is 1. The van der Waals surface area contributed by atoms with Crippen LogP contribution in [-0.4, -0.2) is 42.7 Å². The van der Waals surface area contributed by atoms with E-state index in [-0.39, 0.29) is 40.4 Å². The number of rotatable bonds is 4. The van der Waals surface area contributed by atoms with E-state index in [1.54, 1.807) is 60.7 Å². The van der Waals surface area contributed by atoms with Crippen LogP contribution in [0.25, 0.3) is 23.0 Å². The van der Waals surface area contributed by atoms with E-state index < -0.39 is 27.7 Å². The molecule has 2 aliphatic heterocycles. The van der Waals surface area contributed by atoms with Gasteiger partial charge in [0.15, 0.2) is 9.84 Å². The van der Waals surface area contributed by atoms with Crippen LogP contribution in [0.3, 0.4) is 0 Å². The number of imide groups is 1. The molecule has 1 atom stereocenters. The summed E-state index contributed by atoms with van der Waals surface area (Å²) in [5, 5.41) is 10.6. The van der Waals surface area contributed by atoms with Crippen LogP contribution < -0.4 is 0 Å². The molecule has 0 aliphatic carbocycles. The molecular formula is C27H18Cl2N2O5S.